The summed E-state index contributed by atoms with van der Waals surface area (Å²) in [7, 11) is -3.77. The van der Waals surface area contributed by atoms with Gasteiger partial charge in [-0.2, -0.15) is 13.2 Å². The number of alkyl halides is 3. The Morgan fingerprint density at radius 3 is 2.35 bits per heavy atom. The second-order valence-electron chi connectivity index (χ2n) is 4.75. The van der Waals surface area contributed by atoms with E-state index in [2.05, 4.69) is 0 Å². The van der Waals surface area contributed by atoms with Crippen LogP contribution in [0.5, 0.6) is 0 Å². The van der Waals surface area contributed by atoms with Gasteiger partial charge in [0.1, 0.15) is 0 Å². The van der Waals surface area contributed by atoms with Gasteiger partial charge >= 0.3 is 6.18 Å². The van der Waals surface area contributed by atoms with Crippen LogP contribution < -0.4 is 0 Å². The molecule has 0 atom stereocenters. The van der Waals surface area contributed by atoms with Gasteiger partial charge in [0.2, 0.25) is 0 Å². The molecular weight excluding hydrogens is 351 g/mol. The topological polar surface area (TPSA) is 75.1 Å². The normalized spacial score (nSPS) is 13.2. The molecule has 0 radical (unpaired) electrons. The molecule has 0 unspecified atom stereocenters. The zero-order valence-corrected chi connectivity index (χ0v) is 14.4. The van der Waals surface area contributed by atoms with Gasteiger partial charge in [-0.25, -0.2) is 8.42 Å². The van der Waals surface area contributed by atoms with E-state index < -0.39 is 33.1 Å². The van der Waals surface area contributed by atoms with Gasteiger partial charge in [0.05, 0.1) is 31.7 Å². The SMILES string of the molecule is C/C=C(\C(=N)c1cc(S(=O)(=O)CCC)c(C(C)=O)s1)C(F)(F)F. The van der Waals surface area contributed by atoms with Crippen LogP contribution in [0.1, 0.15) is 41.7 Å². The van der Waals surface area contributed by atoms with Gasteiger partial charge in [-0.3, -0.25) is 10.2 Å². The molecule has 1 aromatic heterocycles. The minimum absolute atomic E-state index is 0.143. The summed E-state index contributed by atoms with van der Waals surface area (Å²) in [5, 5.41) is 7.72. The lowest BCUT2D eigenvalue weighted by atomic mass is 10.1. The zero-order chi connectivity index (χ0) is 18.0. The number of Topliss-reactive ketones (excluding diaryl/α,β-unsaturated/α-hetero) is 1. The maximum absolute atomic E-state index is 12.9. The first-order valence-electron chi connectivity index (χ1n) is 6.66. The van der Waals surface area contributed by atoms with Crippen molar-refractivity contribution in [3.63, 3.8) is 0 Å². The number of halogens is 3. The highest BCUT2D eigenvalue weighted by atomic mass is 32.2. The number of rotatable bonds is 6. The van der Waals surface area contributed by atoms with Crippen LogP contribution in [0.2, 0.25) is 0 Å². The Morgan fingerprint density at radius 2 is 1.96 bits per heavy atom. The van der Waals surface area contributed by atoms with Gasteiger partial charge in [0.15, 0.2) is 15.6 Å². The van der Waals surface area contributed by atoms with Crippen LogP contribution in [0.4, 0.5) is 13.2 Å². The summed E-state index contributed by atoms with van der Waals surface area (Å²) in [4.78, 5) is 11.0. The predicted molar refractivity (Wildman–Crippen MR) is 83.3 cm³/mol. The molecule has 128 valence electrons. The number of ketones is 1. The minimum Gasteiger partial charge on any atom is -0.299 e. The number of thiophene rings is 1. The number of sulfone groups is 1. The average Bonchev–Trinajstić information content (AvgIpc) is 2.83. The molecular formula is C14H16F3NO3S2. The van der Waals surface area contributed by atoms with E-state index in [1.807, 2.05) is 0 Å². The molecule has 0 bridgehead atoms. The molecule has 0 saturated heterocycles. The quantitative estimate of drug-likeness (QED) is 0.610. The molecule has 1 heterocycles. The summed E-state index contributed by atoms with van der Waals surface area (Å²) >= 11 is 0.594. The van der Waals surface area contributed by atoms with Gasteiger partial charge in [-0.15, -0.1) is 11.3 Å². The lowest BCUT2D eigenvalue weighted by molar-refractivity contribution is -0.0861. The molecule has 0 aliphatic heterocycles. The molecule has 0 aliphatic rings. The second kappa shape index (κ2) is 6.96. The minimum atomic E-state index is -4.73. The number of allylic oxidation sites excluding steroid dienone is 2. The summed E-state index contributed by atoms with van der Waals surface area (Å²) in [6, 6.07) is 0.990. The van der Waals surface area contributed by atoms with Crippen molar-refractivity contribution >= 4 is 32.7 Å². The number of nitrogens with one attached hydrogen (secondary N) is 1. The molecule has 4 nitrogen and oxygen atoms in total. The molecule has 1 rings (SSSR count). The van der Waals surface area contributed by atoms with Crippen molar-refractivity contribution in [2.75, 3.05) is 5.75 Å². The van der Waals surface area contributed by atoms with Crippen molar-refractivity contribution in [3.8, 4) is 0 Å². The molecule has 9 heteroatoms. The summed E-state index contributed by atoms with van der Waals surface area (Å²) in [5.74, 6) is -0.773. The van der Waals surface area contributed by atoms with E-state index in [1.165, 1.54) is 0 Å². The fourth-order valence-corrected chi connectivity index (χ4v) is 4.91. The van der Waals surface area contributed by atoms with Gasteiger partial charge in [-0.1, -0.05) is 13.0 Å². The largest absolute Gasteiger partial charge is 0.418 e. The van der Waals surface area contributed by atoms with Crippen LogP contribution in [-0.4, -0.2) is 31.8 Å². The highest BCUT2D eigenvalue weighted by Gasteiger charge is 2.37. The first-order valence-corrected chi connectivity index (χ1v) is 9.12. The Hall–Kier alpha value is -1.48. The fourth-order valence-electron chi connectivity index (χ4n) is 1.94. The van der Waals surface area contributed by atoms with Crippen LogP contribution in [0.15, 0.2) is 22.6 Å². The Morgan fingerprint density at radius 1 is 1.39 bits per heavy atom. The number of carbonyl (C=O) groups excluding carboxylic acids is 1. The Kier molecular flexibility index (Phi) is 5.92. The first kappa shape index (κ1) is 19.6. The van der Waals surface area contributed by atoms with Crippen LogP contribution >= 0.6 is 11.3 Å². The van der Waals surface area contributed by atoms with Gasteiger partial charge in [-0.05, 0) is 26.3 Å². The van der Waals surface area contributed by atoms with Gasteiger partial charge in [0.25, 0.3) is 0 Å². The molecule has 0 aromatic carbocycles. The summed E-state index contributed by atoms with van der Waals surface area (Å²) < 4.78 is 63.0. The third kappa shape index (κ3) is 4.29. The molecule has 0 amide bonds. The van der Waals surface area contributed by atoms with E-state index in [0.717, 1.165) is 26.0 Å². The van der Waals surface area contributed by atoms with Crippen molar-refractivity contribution in [1.82, 2.24) is 0 Å². The van der Waals surface area contributed by atoms with E-state index in [1.54, 1.807) is 6.92 Å². The monoisotopic (exact) mass is 367 g/mol. The average molecular weight is 367 g/mol. The Bertz CT molecular complexity index is 759. The van der Waals surface area contributed by atoms with Gasteiger partial charge in [0, 0.05) is 0 Å². The maximum atomic E-state index is 12.9. The van der Waals surface area contributed by atoms with Crippen LogP contribution in [0, 0.1) is 5.41 Å². The number of hydrogen-bond donors (Lipinski definition) is 1. The lowest BCUT2D eigenvalue weighted by Gasteiger charge is -2.10. The van der Waals surface area contributed by atoms with Crippen molar-refractivity contribution < 1.29 is 26.4 Å². The van der Waals surface area contributed by atoms with Crippen molar-refractivity contribution in [2.24, 2.45) is 0 Å². The molecule has 1 N–H and O–H groups in total. The molecule has 23 heavy (non-hydrogen) atoms. The van der Waals surface area contributed by atoms with Crippen LogP contribution in [0.25, 0.3) is 0 Å². The number of hydrogen-bond acceptors (Lipinski definition) is 5. The molecule has 0 spiro atoms. The number of carbonyl (C=O) groups is 1. The third-order valence-corrected chi connectivity index (χ3v) is 6.26. The summed E-state index contributed by atoms with van der Waals surface area (Å²) in [6.07, 6.45) is -3.67. The molecule has 1 aromatic rings. The van der Waals surface area contributed by atoms with E-state index >= 15 is 0 Å². The second-order valence-corrected chi connectivity index (χ2v) is 7.88. The standard InChI is InChI=1S/C14H16F3NO3S2/c1-4-6-23(20,21)11-7-10(22-13(11)8(3)19)12(18)9(5-2)14(15,16)17/h5,7,18H,4,6H2,1-3H3/b9-5+,18-12?. The van der Waals surface area contributed by atoms with E-state index in [0.29, 0.717) is 17.8 Å². The summed E-state index contributed by atoms with van der Waals surface area (Å²) in [6.45, 7) is 3.93. The van der Waals surface area contributed by atoms with Crippen molar-refractivity contribution in [1.29, 1.82) is 5.41 Å². The van der Waals surface area contributed by atoms with Crippen molar-refractivity contribution in [2.45, 2.75) is 38.3 Å². The highest BCUT2D eigenvalue weighted by Crippen LogP contribution is 2.34. The molecule has 0 fully saturated rings. The van der Waals surface area contributed by atoms with Gasteiger partial charge < -0.3 is 0 Å². The lowest BCUT2D eigenvalue weighted by Crippen LogP contribution is -2.19. The van der Waals surface area contributed by atoms with E-state index in [4.69, 9.17) is 5.41 Å². The first-order chi connectivity index (χ1) is 10.5. The van der Waals surface area contributed by atoms with Crippen LogP contribution in [0.3, 0.4) is 0 Å². The predicted octanol–water partition coefficient (Wildman–Crippen LogP) is 4.01. The van der Waals surface area contributed by atoms with Crippen LogP contribution in [-0.2, 0) is 9.84 Å². The van der Waals surface area contributed by atoms with Crippen molar-refractivity contribution in [3.05, 3.63) is 27.5 Å². The smallest absolute Gasteiger partial charge is 0.299 e. The Balaban J connectivity index is 3.48. The third-order valence-electron chi connectivity index (χ3n) is 2.94. The van der Waals surface area contributed by atoms with E-state index in [9.17, 15) is 26.4 Å². The Labute approximate surface area is 136 Å². The molecule has 0 aliphatic carbocycles. The highest BCUT2D eigenvalue weighted by molar-refractivity contribution is 7.91. The zero-order valence-electron chi connectivity index (χ0n) is 12.7. The van der Waals surface area contributed by atoms with E-state index in [-0.39, 0.29) is 20.4 Å². The maximum Gasteiger partial charge on any atom is 0.418 e. The molecule has 0 saturated carbocycles. The fraction of sp³-hybridized carbons (Fsp3) is 0.429. The summed E-state index contributed by atoms with van der Waals surface area (Å²) in [5.41, 5.74) is -2.02.